The lowest BCUT2D eigenvalue weighted by atomic mass is 9.79. The average Bonchev–Trinajstić information content (AvgIpc) is 2.57. The molecular weight excluding hydrogens is 298 g/mol. The predicted octanol–water partition coefficient (Wildman–Crippen LogP) is 3.26. The molecule has 2 aromatic rings. The number of amides is 1. The van der Waals surface area contributed by atoms with Gasteiger partial charge in [0.05, 0.1) is 17.0 Å². The summed E-state index contributed by atoms with van der Waals surface area (Å²) >= 11 is 0. The number of rotatable bonds is 2. The monoisotopic (exact) mass is 323 g/mol. The lowest BCUT2D eigenvalue weighted by Gasteiger charge is -2.42. The second kappa shape index (κ2) is 6.36. The van der Waals surface area contributed by atoms with Gasteiger partial charge in [-0.2, -0.15) is 0 Å². The molecule has 1 unspecified atom stereocenters. The standard InChI is InChI=1S/C20H25N3O/c1-14-16(9-10-17(22-14)15-7-5-4-6-8-15)19(24)23-12-11-18(21)20(2,3)13-23/h4-10,18H,11-13,21H2,1-3H3. The topological polar surface area (TPSA) is 59.2 Å². The molecule has 0 aliphatic carbocycles. The van der Waals surface area contributed by atoms with Crippen molar-refractivity contribution in [3.8, 4) is 11.3 Å². The molecule has 24 heavy (non-hydrogen) atoms. The molecule has 0 spiro atoms. The van der Waals surface area contributed by atoms with Crippen LogP contribution in [0, 0.1) is 12.3 Å². The number of benzene rings is 1. The molecule has 126 valence electrons. The van der Waals surface area contributed by atoms with Gasteiger partial charge in [0.1, 0.15) is 0 Å². The summed E-state index contributed by atoms with van der Waals surface area (Å²) in [5, 5.41) is 0. The van der Waals surface area contributed by atoms with E-state index >= 15 is 0 Å². The van der Waals surface area contributed by atoms with E-state index in [0.717, 1.165) is 23.4 Å². The number of piperidine rings is 1. The number of pyridine rings is 1. The van der Waals surface area contributed by atoms with E-state index in [0.29, 0.717) is 18.7 Å². The van der Waals surface area contributed by atoms with Crippen LogP contribution in [0.3, 0.4) is 0 Å². The molecule has 3 rings (SSSR count). The first kappa shape index (κ1) is 16.7. The normalized spacial score (nSPS) is 20.0. The molecule has 1 fully saturated rings. The van der Waals surface area contributed by atoms with Crippen LogP contribution >= 0.6 is 0 Å². The molecule has 0 radical (unpaired) electrons. The second-order valence-corrected chi connectivity index (χ2v) is 7.31. The predicted molar refractivity (Wildman–Crippen MR) is 96.7 cm³/mol. The van der Waals surface area contributed by atoms with Gasteiger partial charge in [0, 0.05) is 24.7 Å². The molecule has 1 aliphatic rings. The lowest BCUT2D eigenvalue weighted by molar-refractivity contribution is 0.0532. The molecule has 4 nitrogen and oxygen atoms in total. The van der Waals surface area contributed by atoms with Crippen molar-refractivity contribution >= 4 is 5.91 Å². The fourth-order valence-corrected chi connectivity index (χ4v) is 3.27. The van der Waals surface area contributed by atoms with Crippen molar-refractivity contribution in [1.29, 1.82) is 0 Å². The Bertz CT molecular complexity index is 740. The fraction of sp³-hybridized carbons (Fsp3) is 0.400. The van der Waals surface area contributed by atoms with Crippen molar-refractivity contribution in [3.63, 3.8) is 0 Å². The number of likely N-dealkylation sites (tertiary alicyclic amines) is 1. The molecule has 4 heteroatoms. The Morgan fingerprint density at radius 1 is 1.21 bits per heavy atom. The number of hydrogen-bond acceptors (Lipinski definition) is 3. The Labute approximate surface area is 143 Å². The summed E-state index contributed by atoms with van der Waals surface area (Å²) in [4.78, 5) is 19.5. The first-order valence-electron chi connectivity index (χ1n) is 8.46. The minimum absolute atomic E-state index is 0.0552. The molecule has 1 saturated heterocycles. The third kappa shape index (κ3) is 3.20. The molecule has 2 heterocycles. The van der Waals surface area contributed by atoms with Crippen molar-refractivity contribution in [3.05, 3.63) is 53.7 Å². The van der Waals surface area contributed by atoms with Crippen LogP contribution in [0.25, 0.3) is 11.3 Å². The highest BCUT2D eigenvalue weighted by atomic mass is 16.2. The van der Waals surface area contributed by atoms with Gasteiger partial charge in [0.25, 0.3) is 5.91 Å². The van der Waals surface area contributed by atoms with E-state index in [1.54, 1.807) is 0 Å². The third-order valence-electron chi connectivity index (χ3n) is 4.99. The van der Waals surface area contributed by atoms with Crippen molar-refractivity contribution < 1.29 is 4.79 Å². The van der Waals surface area contributed by atoms with Crippen LogP contribution in [-0.4, -0.2) is 34.9 Å². The molecule has 0 saturated carbocycles. The Hall–Kier alpha value is -2.20. The van der Waals surface area contributed by atoms with Gasteiger partial charge in [0.2, 0.25) is 0 Å². The third-order valence-corrected chi connectivity index (χ3v) is 4.99. The number of aromatic nitrogens is 1. The minimum atomic E-state index is -0.0563. The van der Waals surface area contributed by atoms with E-state index in [4.69, 9.17) is 5.73 Å². The summed E-state index contributed by atoms with van der Waals surface area (Å²) in [7, 11) is 0. The number of aryl methyl sites for hydroxylation is 1. The van der Waals surface area contributed by atoms with E-state index in [-0.39, 0.29) is 17.4 Å². The Morgan fingerprint density at radius 3 is 2.54 bits per heavy atom. The van der Waals surface area contributed by atoms with Gasteiger partial charge in [-0.25, -0.2) is 0 Å². The van der Waals surface area contributed by atoms with Gasteiger partial charge >= 0.3 is 0 Å². The van der Waals surface area contributed by atoms with Crippen molar-refractivity contribution in [1.82, 2.24) is 9.88 Å². The first-order valence-corrected chi connectivity index (χ1v) is 8.46. The van der Waals surface area contributed by atoms with Crippen molar-refractivity contribution in [2.45, 2.75) is 33.2 Å². The van der Waals surface area contributed by atoms with Gasteiger partial charge in [-0.1, -0.05) is 44.2 Å². The second-order valence-electron chi connectivity index (χ2n) is 7.31. The average molecular weight is 323 g/mol. The van der Waals surface area contributed by atoms with E-state index < -0.39 is 0 Å². The number of nitrogens with zero attached hydrogens (tertiary/aromatic N) is 2. The molecule has 0 bridgehead atoms. The highest BCUT2D eigenvalue weighted by Crippen LogP contribution is 2.29. The minimum Gasteiger partial charge on any atom is -0.338 e. The van der Waals surface area contributed by atoms with Gasteiger partial charge in [0.15, 0.2) is 0 Å². The number of carbonyl (C=O) groups excluding carboxylic acids is 1. The molecular formula is C20H25N3O. The van der Waals surface area contributed by atoms with Gasteiger partial charge in [-0.3, -0.25) is 9.78 Å². The lowest BCUT2D eigenvalue weighted by Crippen LogP contribution is -2.54. The van der Waals surface area contributed by atoms with E-state index in [9.17, 15) is 4.79 Å². The summed E-state index contributed by atoms with van der Waals surface area (Å²) in [5.74, 6) is 0.0552. The zero-order chi connectivity index (χ0) is 17.3. The van der Waals surface area contributed by atoms with Crippen LogP contribution in [-0.2, 0) is 0 Å². The van der Waals surface area contributed by atoms with Crippen molar-refractivity contribution in [2.24, 2.45) is 11.1 Å². The maximum absolute atomic E-state index is 12.9. The van der Waals surface area contributed by atoms with Crippen LogP contribution in [0.1, 0.15) is 36.3 Å². The zero-order valence-electron chi connectivity index (χ0n) is 14.6. The molecule has 1 aromatic heterocycles. The SMILES string of the molecule is Cc1nc(-c2ccccc2)ccc1C(=O)N1CCC(N)C(C)(C)C1. The Balaban J connectivity index is 1.84. The molecule has 1 aliphatic heterocycles. The summed E-state index contributed by atoms with van der Waals surface area (Å²) in [6, 6.07) is 14.0. The molecule has 1 aromatic carbocycles. The zero-order valence-corrected chi connectivity index (χ0v) is 14.6. The number of carbonyl (C=O) groups is 1. The number of hydrogen-bond donors (Lipinski definition) is 1. The largest absolute Gasteiger partial charge is 0.338 e. The van der Waals surface area contributed by atoms with Gasteiger partial charge in [-0.05, 0) is 30.9 Å². The molecule has 2 N–H and O–H groups in total. The summed E-state index contributed by atoms with van der Waals surface area (Å²) in [6.45, 7) is 7.55. The number of nitrogens with two attached hydrogens (primary N) is 1. The van der Waals surface area contributed by atoms with Crippen LogP contribution in [0.15, 0.2) is 42.5 Å². The van der Waals surface area contributed by atoms with E-state index in [1.165, 1.54) is 0 Å². The summed E-state index contributed by atoms with van der Waals surface area (Å²) in [6.07, 6.45) is 0.841. The quantitative estimate of drug-likeness (QED) is 0.923. The molecule has 1 amide bonds. The van der Waals surface area contributed by atoms with Crippen LogP contribution < -0.4 is 5.73 Å². The maximum atomic E-state index is 12.9. The Kier molecular flexibility index (Phi) is 4.41. The summed E-state index contributed by atoms with van der Waals surface area (Å²) < 4.78 is 0. The highest BCUT2D eigenvalue weighted by molar-refractivity contribution is 5.95. The van der Waals surface area contributed by atoms with Gasteiger partial charge in [-0.15, -0.1) is 0 Å². The van der Waals surface area contributed by atoms with Gasteiger partial charge < -0.3 is 10.6 Å². The highest BCUT2D eigenvalue weighted by Gasteiger charge is 2.35. The van der Waals surface area contributed by atoms with Crippen LogP contribution in [0.5, 0.6) is 0 Å². The fourth-order valence-electron chi connectivity index (χ4n) is 3.27. The first-order chi connectivity index (χ1) is 11.4. The molecule has 1 atom stereocenters. The van der Waals surface area contributed by atoms with Crippen molar-refractivity contribution in [2.75, 3.05) is 13.1 Å². The van der Waals surface area contributed by atoms with E-state index in [1.807, 2.05) is 54.3 Å². The van der Waals surface area contributed by atoms with Crippen LogP contribution in [0.2, 0.25) is 0 Å². The summed E-state index contributed by atoms with van der Waals surface area (Å²) in [5.41, 5.74) is 9.53. The van der Waals surface area contributed by atoms with E-state index in [2.05, 4.69) is 18.8 Å². The Morgan fingerprint density at radius 2 is 1.92 bits per heavy atom. The maximum Gasteiger partial charge on any atom is 0.255 e. The van der Waals surface area contributed by atoms with Crippen LogP contribution in [0.4, 0.5) is 0 Å². The smallest absolute Gasteiger partial charge is 0.255 e.